The molecule has 2 nitrogen and oxygen atoms in total. The first-order valence-corrected chi connectivity index (χ1v) is 8.40. The van der Waals surface area contributed by atoms with Crippen molar-refractivity contribution in [1.82, 2.24) is 0 Å². The molecule has 0 radical (unpaired) electrons. The molecular weight excluding hydrogens is 268 g/mol. The second-order valence-electron chi connectivity index (χ2n) is 7.49. The summed E-state index contributed by atoms with van der Waals surface area (Å²) < 4.78 is 0. The summed E-state index contributed by atoms with van der Waals surface area (Å²) in [7, 11) is 0. The monoisotopic (exact) mass is 290 g/mol. The highest BCUT2D eigenvalue weighted by atomic mass is 15.1. The molecule has 22 heavy (non-hydrogen) atoms. The number of nitrogens with one attached hydrogen (secondary N) is 2. The molecule has 2 heterocycles. The average Bonchev–Trinajstić information content (AvgIpc) is 2.77. The summed E-state index contributed by atoms with van der Waals surface area (Å²) in [5.74, 6) is 1.24. The van der Waals surface area contributed by atoms with Gasteiger partial charge in [-0.15, -0.1) is 0 Å². The van der Waals surface area contributed by atoms with Gasteiger partial charge in [0.1, 0.15) is 0 Å². The lowest BCUT2D eigenvalue weighted by molar-refractivity contribution is 0.354. The Balaban J connectivity index is 1.69. The van der Waals surface area contributed by atoms with Crippen LogP contribution in [0.4, 0.5) is 11.4 Å². The zero-order valence-electron chi connectivity index (χ0n) is 13.1. The normalized spacial score (nSPS) is 37.4. The molecule has 0 amide bonds. The number of hydrogen-bond acceptors (Lipinski definition) is 2. The summed E-state index contributed by atoms with van der Waals surface area (Å²) >= 11 is 0. The van der Waals surface area contributed by atoms with E-state index >= 15 is 0 Å². The molecule has 2 bridgehead atoms. The fraction of sp³-hybridized carbons (Fsp3) is 0.400. The van der Waals surface area contributed by atoms with Crippen LogP contribution in [0, 0.1) is 5.92 Å². The maximum Gasteiger partial charge on any atom is 0.0410 e. The van der Waals surface area contributed by atoms with E-state index in [1.165, 1.54) is 28.9 Å². The van der Waals surface area contributed by atoms with Crippen LogP contribution in [0.15, 0.2) is 48.5 Å². The lowest BCUT2D eigenvalue weighted by Crippen LogP contribution is -2.45. The molecule has 3 aliphatic rings. The van der Waals surface area contributed by atoms with Crippen molar-refractivity contribution in [2.24, 2.45) is 5.92 Å². The first kappa shape index (κ1) is 12.6. The minimum atomic E-state index is 0.221. The van der Waals surface area contributed by atoms with Gasteiger partial charge in [-0.3, -0.25) is 0 Å². The Morgan fingerprint density at radius 3 is 2.55 bits per heavy atom. The molecule has 2 aromatic carbocycles. The molecule has 2 aromatic rings. The molecule has 0 spiro atoms. The van der Waals surface area contributed by atoms with Crippen molar-refractivity contribution in [1.29, 1.82) is 0 Å². The lowest BCUT2D eigenvalue weighted by Gasteiger charge is -2.41. The summed E-state index contributed by atoms with van der Waals surface area (Å²) in [5, 5.41) is 7.74. The van der Waals surface area contributed by atoms with Gasteiger partial charge in [0.2, 0.25) is 0 Å². The van der Waals surface area contributed by atoms with Crippen molar-refractivity contribution in [2.75, 3.05) is 10.6 Å². The lowest BCUT2D eigenvalue weighted by atomic mass is 9.71. The van der Waals surface area contributed by atoms with Crippen LogP contribution < -0.4 is 10.6 Å². The van der Waals surface area contributed by atoms with Crippen LogP contribution in [0.25, 0.3) is 0 Å². The first-order chi connectivity index (χ1) is 10.7. The van der Waals surface area contributed by atoms with E-state index in [9.17, 15) is 0 Å². The van der Waals surface area contributed by atoms with Gasteiger partial charge in [0.05, 0.1) is 0 Å². The summed E-state index contributed by atoms with van der Waals surface area (Å²) in [5.41, 5.74) is 5.86. The molecule has 0 aromatic heterocycles. The van der Waals surface area contributed by atoms with Gasteiger partial charge in [-0.1, -0.05) is 50.2 Å². The molecule has 2 N–H and O–H groups in total. The number of anilines is 2. The molecule has 1 fully saturated rings. The Morgan fingerprint density at radius 1 is 0.955 bits per heavy atom. The molecule has 0 saturated heterocycles. The fourth-order valence-electron chi connectivity index (χ4n) is 5.40. The molecule has 1 aliphatic carbocycles. The Hall–Kier alpha value is -1.96. The predicted molar refractivity (Wildman–Crippen MR) is 91.6 cm³/mol. The van der Waals surface area contributed by atoms with Crippen molar-refractivity contribution in [3.8, 4) is 0 Å². The van der Waals surface area contributed by atoms with Gasteiger partial charge in [0.25, 0.3) is 0 Å². The average molecular weight is 290 g/mol. The second kappa shape index (κ2) is 4.07. The summed E-state index contributed by atoms with van der Waals surface area (Å²) in [6.07, 6.45) is 1.23. The number of hydrogen-bond donors (Lipinski definition) is 2. The maximum atomic E-state index is 3.90. The van der Waals surface area contributed by atoms with Crippen molar-refractivity contribution in [3.63, 3.8) is 0 Å². The second-order valence-corrected chi connectivity index (χ2v) is 7.49. The van der Waals surface area contributed by atoms with E-state index < -0.39 is 0 Å². The van der Waals surface area contributed by atoms with Crippen LogP contribution in [-0.2, 0) is 5.41 Å². The van der Waals surface area contributed by atoms with Crippen LogP contribution in [0.2, 0.25) is 0 Å². The zero-order valence-corrected chi connectivity index (χ0v) is 13.1. The highest BCUT2D eigenvalue weighted by Gasteiger charge is 2.58. The van der Waals surface area contributed by atoms with Crippen molar-refractivity contribution >= 4 is 11.4 Å². The van der Waals surface area contributed by atoms with E-state index in [1.807, 2.05) is 0 Å². The largest absolute Gasteiger partial charge is 0.382 e. The number of para-hydroxylation sites is 2. The Kier molecular flexibility index (Phi) is 2.32. The minimum Gasteiger partial charge on any atom is -0.382 e. The minimum absolute atomic E-state index is 0.221. The van der Waals surface area contributed by atoms with Gasteiger partial charge in [-0.05, 0) is 35.6 Å². The molecule has 5 atom stereocenters. The fourth-order valence-corrected chi connectivity index (χ4v) is 5.40. The third-order valence-corrected chi connectivity index (χ3v) is 6.40. The Labute approximate surface area is 131 Å². The van der Waals surface area contributed by atoms with Gasteiger partial charge in [-0.25, -0.2) is 0 Å². The summed E-state index contributed by atoms with van der Waals surface area (Å²) in [6.45, 7) is 4.87. The predicted octanol–water partition coefficient (Wildman–Crippen LogP) is 4.36. The molecule has 112 valence electrons. The molecule has 0 unspecified atom stereocenters. The van der Waals surface area contributed by atoms with E-state index in [0.717, 1.165) is 0 Å². The van der Waals surface area contributed by atoms with Gasteiger partial charge >= 0.3 is 0 Å². The van der Waals surface area contributed by atoms with E-state index in [0.29, 0.717) is 23.9 Å². The van der Waals surface area contributed by atoms with Gasteiger partial charge < -0.3 is 10.6 Å². The molecule has 2 heteroatoms. The highest BCUT2D eigenvalue weighted by molar-refractivity contribution is 5.65. The third-order valence-electron chi connectivity index (χ3n) is 6.40. The van der Waals surface area contributed by atoms with Crippen molar-refractivity contribution < 1.29 is 0 Å². The van der Waals surface area contributed by atoms with E-state index in [-0.39, 0.29) is 5.41 Å². The van der Waals surface area contributed by atoms with Crippen LogP contribution in [-0.4, -0.2) is 12.1 Å². The zero-order chi connectivity index (χ0) is 14.9. The van der Waals surface area contributed by atoms with Gasteiger partial charge in [0.15, 0.2) is 0 Å². The number of fused-ring (bicyclic) bond motifs is 8. The highest BCUT2D eigenvalue weighted by Crippen LogP contribution is 2.57. The smallest absolute Gasteiger partial charge is 0.0410 e. The van der Waals surface area contributed by atoms with Gasteiger partial charge in [0, 0.05) is 34.8 Å². The Bertz CT molecular complexity index is 753. The van der Waals surface area contributed by atoms with E-state index in [4.69, 9.17) is 0 Å². The number of rotatable bonds is 0. The molecular formula is C20H22N2. The van der Waals surface area contributed by atoms with Gasteiger partial charge in [-0.2, -0.15) is 0 Å². The van der Waals surface area contributed by atoms with Crippen LogP contribution in [0.1, 0.15) is 37.3 Å². The molecule has 1 saturated carbocycles. The van der Waals surface area contributed by atoms with Crippen molar-refractivity contribution in [3.05, 3.63) is 59.7 Å². The van der Waals surface area contributed by atoms with Crippen LogP contribution in [0.5, 0.6) is 0 Å². The number of benzene rings is 2. The summed E-state index contributed by atoms with van der Waals surface area (Å²) in [4.78, 5) is 0. The van der Waals surface area contributed by atoms with E-state index in [1.54, 1.807) is 0 Å². The van der Waals surface area contributed by atoms with Crippen LogP contribution in [0.3, 0.4) is 0 Å². The summed E-state index contributed by atoms with van der Waals surface area (Å²) in [6, 6.07) is 18.8. The Morgan fingerprint density at radius 2 is 1.68 bits per heavy atom. The van der Waals surface area contributed by atoms with Crippen LogP contribution >= 0.6 is 0 Å². The molecule has 5 rings (SSSR count). The first-order valence-electron chi connectivity index (χ1n) is 8.40. The van der Waals surface area contributed by atoms with E-state index in [2.05, 4.69) is 73.0 Å². The SMILES string of the molecule is C[C@@H]1c2ccccc2N[C@@H]2[C@@H]1[C@H]1C[C@]2(C)c2ccccc2N1. The quantitative estimate of drug-likeness (QED) is 0.753. The topological polar surface area (TPSA) is 24.1 Å². The van der Waals surface area contributed by atoms with Crippen molar-refractivity contribution in [2.45, 2.75) is 43.7 Å². The third kappa shape index (κ3) is 1.41. The standard InChI is InChI=1S/C20H22N2/c1-12-13-7-3-5-9-15(13)22-19-18(12)17-11-20(19,2)14-8-4-6-10-16(14)21-17/h3-10,12,17-19,21-22H,11H2,1-2H3/t12-,17-,18+,19-,20-/m1/s1. The maximum absolute atomic E-state index is 3.90. The molecule has 2 aliphatic heterocycles.